The molecule has 1 fully saturated rings. The van der Waals surface area contributed by atoms with Gasteiger partial charge in [0.1, 0.15) is 5.75 Å². The normalized spacial score (nSPS) is 17.2. The van der Waals surface area contributed by atoms with Gasteiger partial charge in [-0.1, -0.05) is 55.7 Å². The molecule has 0 saturated heterocycles. The molecular weight excluding hydrogens is 432 g/mol. The van der Waals surface area contributed by atoms with Gasteiger partial charge < -0.3 is 20.6 Å². The lowest BCUT2D eigenvalue weighted by Gasteiger charge is -2.32. The Morgan fingerprint density at radius 2 is 1.74 bits per heavy atom. The fourth-order valence-electron chi connectivity index (χ4n) is 5.26. The number of hydrogen-bond donors (Lipinski definition) is 4. The van der Waals surface area contributed by atoms with E-state index in [-0.39, 0.29) is 23.6 Å². The summed E-state index contributed by atoms with van der Waals surface area (Å²) in [5.74, 6) is -1.22. The summed E-state index contributed by atoms with van der Waals surface area (Å²) in [5.41, 5.74) is 1.84. The van der Waals surface area contributed by atoms with Crippen molar-refractivity contribution in [1.82, 2.24) is 9.88 Å². The Hall–Kier alpha value is -3.32. The summed E-state index contributed by atoms with van der Waals surface area (Å²) in [5, 5.41) is 35.1. The second-order valence-electron chi connectivity index (χ2n) is 9.36. The van der Waals surface area contributed by atoms with Crippen LogP contribution < -0.4 is 5.32 Å². The van der Waals surface area contributed by atoms with Gasteiger partial charge in [0.15, 0.2) is 0 Å². The molecule has 1 aliphatic carbocycles. The van der Waals surface area contributed by atoms with Gasteiger partial charge in [0, 0.05) is 23.2 Å². The van der Waals surface area contributed by atoms with Crippen molar-refractivity contribution in [3.8, 4) is 5.75 Å². The molecule has 2 aromatic carbocycles. The van der Waals surface area contributed by atoms with E-state index < -0.39 is 18.1 Å². The Balaban J connectivity index is 1.56. The molecule has 4 rings (SSSR count). The summed E-state index contributed by atoms with van der Waals surface area (Å²) >= 11 is 0. The molecule has 180 valence electrons. The van der Waals surface area contributed by atoms with E-state index in [1.165, 1.54) is 10.6 Å². The number of benzene rings is 2. The van der Waals surface area contributed by atoms with E-state index in [2.05, 4.69) is 5.32 Å². The molecule has 4 N–H and O–H groups in total. The molecule has 0 unspecified atom stereocenters. The topological polar surface area (TPSA) is 112 Å². The number of aromatic nitrogens is 1. The number of para-hydroxylation sites is 2. The first kappa shape index (κ1) is 23.8. The highest BCUT2D eigenvalue weighted by atomic mass is 16.4. The van der Waals surface area contributed by atoms with Crippen LogP contribution in [-0.2, 0) is 11.2 Å². The summed E-state index contributed by atoms with van der Waals surface area (Å²) in [4.78, 5) is 25.1. The second-order valence-corrected chi connectivity index (χ2v) is 9.36. The van der Waals surface area contributed by atoms with Gasteiger partial charge in [0.05, 0.1) is 17.5 Å². The zero-order chi connectivity index (χ0) is 24.2. The molecule has 7 nitrogen and oxygen atoms in total. The second kappa shape index (κ2) is 10.3. The summed E-state index contributed by atoms with van der Waals surface area (Å²) in [6, 6.07) is 13.6. The van der Waals surface area contributed by atoms with Crippen LogP contribution in [-0.4, -0.2) is 44.0 Å². The quantitative estimate of drug-likeness (QED) is 0.407. The lowest BCUT2D eigenvalue weighted by atomic mass is 9.77. The minimum absolute atomic E-state index is 0.00492. The number of carbonyl (C=O) groups is 2. The first-order valence-corrected chi connectivity index (χ1v) is 12.0. The van der Waals surface area contributed by atoms with Gasteiger partial charge in [-0.2, -0.15) is 0 Å². The number of carboxylic acid groups (broad SMARTS) is 1. The largest absolute Gasteiger partial charge is 0.508 e. The Morgan fingerprint density at radius 1 is 1.06 bits per heavy atom. The highest BCUT2D eigenvalue weighted by Crippen LogP contribution is 2.36. The van der Waals surface area contributed by atoms with E-state index >= 15 is 0 Å². The fourth-order valence-corrected chi connectivity index (χ4v) is 5.26. The lowest BCUT2D eigenvalue weighted by molar-refractivity contribution is -0.127. The van der Waals surface area contributed by atoms with E-state index in [4.69, 9.17) is 0 Å². The van der Waals surface area contributed by atoms with Crippen LogP contribution in [0.1, 0.15) is 56.1 Å². The smallest absolute Gasteiger partial charge is 0.416 e. The van der Waals surface area contributed by atoms with E-state index in [1.54, 1.807) is 36.5 Å². The van der Waals surface area contributed by atoms with Crippen molar-refractivity contribution in [2.45, 2.75) is 63.5 Å². The number of aromatic hydroxyl groups is 1. The third-order valence-corrected chi connectivity index (χ3v) is 6.94. The van der Waals surface area contributed by atoms with Crippen LogP contribution in [0.15, 0.2) is 54.7 Å². The predicted molar refractivity (Wildman–Crippen MR) is 130 cm³/mol. The average Bonchev–Trinajstić information content (AvgIpc) is 3.19. The summed E-state index contributed by atoms with van der Waals surface area (Å²) < 4.78 is 1.19. The molecule has 0 spiro atoms. The van der Waals surface area contributed by atoms with Crippen LogP contribution in [0.25, 0.3) is 10.9 Å². The molecule has 0 radical (unpaired) electrons. The summed E-state index contributed by atoms with van der Waals surface area (Å²) in [6.07, 6.45) is 4.99. The number of rotatable bonds is 7. The number of aliphatic hydroxyl groups is 1. The van der Waals surface area contributed by atoms with Crippen LogP contribution in [0.4, 0.5) is 4.79 Å². The number of aliphatic hydroxyl groups excluding tert-OH is 1. The highest BCUT2D eigenvalue weighted by Gasteiger charge is 2.36. The number of phenols is 1. The van der Waals surface area contributed by atoms with Crippen molar-refractivity contribution < 1.29 is 24.9 Å². The number of nitrogens with zero attached hydrogens (tertiary/aromatic N) is 1. The van der Waals surface area contributed by atoms with Crippen LogP contribution in [0.3, 0.4) is 0 Å². The van der Waals surface area contributed by atoms with Gasteiger partial charge in [-0.3, -0.25) is 9.36 Å². The molecule has 7 heteroatoms. The van der Waals surface area contributed by atoms with Gasteiger partial charge in [0.2, 0.25) is 5.91 Å². The molecule has 34 heavy (non-hydrogen) atoms. The maximum Gasteiger partial charge on any atom is 0.416 e. The minimum Gasteiger partial charge on any atom is -0.508 e. The maximum atomic E-state index is 13.5. The fraction of sp³-hybridized carbons (Fsp3) is 0.407. The third kappa shape index (κ3) is 4.94. The number of fused-ring (bicyclic) bond motifs is 1. The van der Waals surface area contributed by atoms with Crippen molar-refractivity contribution in [2.24, 2.45) is 5.92 Å². The van der Waals surface area contributed by atoms with Crippen molar-refractivity contribution in [2.75, 3.05) is 0 Å². The number of carbonyl (C=O) groups excluding carboxylic acids is 1. The predicted octanol–water partition coefficient (Wildman–Crippen LogP) is 4.65. The van der Waals surface area contributed by atoms with Gasteiger partial charge in [0.25, 0.3) is 0 Å². The van der Waals surface area contributed by atoms with Crippen LogP contribution in [0, 0.1) is 5.92 Å². The molecule has 3 aromatic rings. The molecule has 1 heterocycles. The first-order chi connectivity index (χ1) is 16.4. The number of amides is 1. The van der Waals surface area contributed by atoms with Gasteiger partial charge in [-0.15, -0.1) is 0 Å². The molecule has 1 amide bonds. The molecule has 1 saturated carbocycles. The third-order valence-electron chi connectivity index (χ3n) is 6.94. The molecule has 3 atom stereocenters. The van der Waals surface area contributed by atoms with E-state index in [9.17, 15) is 24.9 Å². The first-order valence-electron chi connectivity index (χ1n) is 12.0. The van der Waals surface area contributed by atoms with Crippen molar-refractivity contribution in [1.29, 1.82) is 0 Å². The van der Waals surface area contributed by atoms with Crippen LogP contribution in [0.5, 0.6) is 5.75 Å². The van der Waals surface area contributed by atoms with Gasteiger partial charge >= 0.3 is 6.09 Å². The number of nitrogens with one attached hydrogen (secondary N) is 1. The van der Waals surface area contributed by atoms with E-state index in [0.29, 0.717) is 17.5 Å². The van der Waals surface area contributed by atoms with Crippen LogP contribution >= 0.6 is 0 Å². The minimum atomic E-state index is -1.06. The van der Waals surface area contributed by atoms with Crippen molar-refractivity contribution in [3.05, 3.63) is 65.9 Å². The Labute approximate surface area is 199 Å². The van der Waals surface area contributed by atoms with Gasteiger partial charge in [-0.05, 0) is 49.8 Å². The SMILES string of the molecule is C[C@H](Cc1cn(C(=O)O)c2ccccc12)NC(=O)[C@H](c1ccccc1O)[C@H](O)C1CCCCC1. The Kier molecular flexibility index (Phi) is 7.22. The van der Waals surface area contributed by atoms with Gasteiger partial charge in [-0.25, -0.2) is 4.79 Å². The maximum absolute atomic E-state index is 13.5. The zero-order valence-electron chi connectivity index (χ0n) is 19.4. The zero-order valence-corrected chi connectivity index (χ0v) is 19.4. The van der Waals surface area contributed by atoms with Crippen LogP contribution in [0.2, 0.25) is 0 Å². The molecule has 1 aliphatic rings. The molecule has 0 bridgehead atoms. The highest BCUT2D eigenvalue weighted by molar-refractivity contribution is 5.91. The standard InChI is InChI=1S/C27H32N2O5/c1-17(15-19-16-29(27(33)34)22-13-7-5-11-20(19)22)28-26(32)24(21-12-6-8-14-23(21)30)25(31)18-9-3-2-4-10-18/h5-8,11-14,16-18,24-25,30-31H,2-4,9-10,15H2,1H3,(H,28,32)(H,33,34)/t17-,24-,25-/m1/s1. The average molecular weight is 465 g/mol. The van der Waals surface area contributed by atoms with Crippen molar-refractivity contribution in [3.63, 3.8) is 0 Å². The number of hydrogen-bond acceptors (Lipinski definition) is 4. The van der Waals surface area contributed by atoms with E-state index in [1.807, 2.05) is 19.1 Å². The summed E-state index contributed by atoms with van der Waals surface area (Å²) in [6.45, 7) is 1.86. The Bertz CT molecular complexity index is 1160. The monoisotopic (exact) mass is 464 g/mol. The van der Waals surface area contributed by atoms with E-state index in [0.717, 1.165) is 43.1 Å². The summed E-state index contributed by atoms with van der Waals surface area (Å²) in [7, 11) is 0. The molecule has 0 aliphatic heterocycles. The molecular formula is C27H32N2O5. The Morgan fingerprint density at radius 3 is 2.44 bits per heavy atom. The lowest BCUT2D eigenvalue weighted by Crippen LogP contribution is -2.43. The number of phenolic OH excluding ortho intramolecular Hbond substituents is 1. The van der Waals surface area contributed by atoms with Crippen molar-refractivity contribution >= 4 is 22.9 Å². The molecule has 1 aromatic heterocycles.